The van der Waals surface area contributed by atoms with E-state index in [-0.39, 0.29) is 0 Å². The molecule has 1 unspecified atom stereocenters. The van der Waals surface area contributed by atoms with E-state index >= 15 is 0 Å². The minimum absolute atomic E-state index is 0.389. The highest BCUT2D eigenvalue weighted by Gasteiger charge is 2.38. The number of anilines is 1. The van der Waals surface area contributed by atoms with E-state index in [4.69, 9.17) is 4.74 Å². The van der Waals surface area contributed by atoms with Crippen molar-refractivity contribution in [3.63, 3.8) is 0 Å². The van der Waals surface area contributed by atoms with Crippen molar-refractivity contribution in [1.29, 1.82) is 0 Å². The minimum Gasteiger partial charge on any atom is -0.466 e. The molecule has 1 aliphatic rings. The topological polar surface area (TPSA) is 68.7 Å². The zero-order valence-corrected chi connectivity index (χ0v) is 8.84. The molecular weight excluding hydrogens is 212 g/mol. The zero-order valence-electron chi connectivity index (χ0n) is 8.84. The van der Waals surface area contributed by atoms with Gasteiger partial charge in [0.15, 0.2) is 11.6 Å². The molecule has 0 N–H and O–H groups in total. The first kappa shape index (κ1) is 10.4. The largest absolute Gasteiger partial charge is 0.466 e. The number of likely N-dealkylation sites (N-methyl/N-ethyl adjacent to an activating group) is 1. The fourth-order valence-electron chi connectivity index (χ4n) is 1.44. The number of esters is 1. The molecule has 0 fully saturated rings. The second kappa shape index (κ2) is 3.80. The molecule has 1 aliphatic heterocycles. The van der Waals surface area contributed by atoms with Gasteiger partial charge >= 0.3 is 5.97 Å². The molecule has 0 bridgehead atoms. The van der Waals surface area contributed by atoms with Crippen molar-refractivity contribution >= 4 is 17.7 Å². The van der Waals surface area contributed by atoms with Gasteiger partial charge in [0.25, 0.3) is 12.0 Å². The molecule has 2 heterocycles. The summed E-state index contributed by atoms with van der Waals surface area (Å²) in [6.45, 7) is 0. The van der Waals surface area contributed by atoms with Crippen LogP contribution in [0, 0.1) is 0 Å². The third-order valence-electron chi connectivity index (χ3n) is 2.28. The molecule has 1 atom stereocenters. The molecule has 2 rings (SSSR count). The SMILES string of the molecule is COC(=O)C1Oc2cccnc2N(C)C1=O. The predicted molar refractivity (Wildman–Crippen MR) is 54.1 cm³/mol. The van der Waals surface area contributed by atoms with Crippen LogP contribution in [0.3, 0.4) is 0 Å². The Bertz CT molecular complexity index is 446. The number of fused-ring (bicyclic) bond motifs is 1. The van der Waals surface area contributed by atoms with Gasteiger partial charge in [-0.05, 0) is 12.1 Å². The highest BCUT2D eigenvalue weighted by Crippen LogP contribution is 2.30. The molecule has 0 spiro atoms. The van der Waals surface area contributed by atoms with Crippen LogP contribution in [0.5, 0.6) is 5.75 Å². The highest BCUT2D eigenvalue weighted by atomic mass is 16.6. The van der Waals surface area contributed by atoms with E-state index < -0.39 is 18.0 Å². The lowest BCUT2D eigenvalue weighted by molar-refractivity contribution is -0.153. The first-order valence-electron chi connectivity index (χ1n) is 4.62. The van der Waals surface area contributed by atoms with Crippen LogP contribution in [0.25, 0.3) is 0 Å². The summed E-state index contributed by atoms with van der Waals surface area (Å²) in [5, 5.41) is 0. The average molecular weight is 222 g/mol. The number of pyridine rings is 1. The monoisotopic (exact) mass is 222 g/mol. The maximum absolute atomic E-state index is 11.7. The Morgan fingerprint density at radius 3 is 3.06 bits per heavy atom. The van der Waals surface area contributed by atoms with Crippen molar-refractivity contribution in [3.8, 4) is 5.75 Å². The van der Waals surface area contributed by atoms with Crippen molar-refractivity contribution in [2.45, 2.75) is 6.10 Å². The number of hydrogen-bond acceptors (Lipinski definition) is 5. The van der Waals surface area contributed by atoms with E-state index in [1.807, 2.05) is 0 Å². The summed E-state index contributed by atoms with van der Waals surface area (Å²) in [4.78, 5) is 28.3. The van der Waals surface area contributed by atoms with E-state index in [0.717, 1.165) is 0 Å². The number of carbonyl (C=O) groups excluding carboxylic acids is 2. The summed E-state index contributed by atoms with van der Waals surface area (Å²) >= 11 is 0. The number of ether oxygens (including phenoxy) is 2. The highest BCUT2D eigenvalue weighted by molar-refractivity contribution is 6.10. The van der Waals surface area contributed by atoms with Gasteiger partial charge in [-0.2, -0.15) is 0 Å². The molecule has 16 heavy (non-hydrogen) atoms. The Balaban J connectivity index is 2.39. The lowest BCUT2D eigenvalue weighted by Gasteiger charge is -2.29. The van der Waals surface area contributed by atoms with Gasteiger partial charge in [0.05, 0.1) is 7.11 Å². The van der Waals surface area contributed by atoms with Gasteiger partial charge in [0.2, 0.25) is 0 Å². The minimum atomic E-state index is -1.24. The maximum Gasteiger partial charge on any atom is 0.357 e. The number of amides is 1. The van der Waals surface area contributed by atoms with E-state index in [2.05, 4.69) is 9.72 Å². The summed E-state index contributed by atoms with van der Waals surface area (Å²) in [5.74, 6) is -0.419. The van der Waals surface area contributed by atoms with Gasteiger partial charge in [-0.15, -0.1) is 0 Å². The smallest absolute Gasteiger partial charge is 0.357 e. The fourth-order valence-corrected chi connectivity index (χ4v) is 1.44. The van der Waals surface area contributed by atoms with Crippen molar-refractivity contribution in [1.82, 2.24) is 4.98 Å². The fraction of sp³-hybridized carbons (Fsp3) is 0.300. The first-order chi connectivity index (χ1) is 7.65. The van der Waals surface area contributed by atoms with E-state index in [0.29, 0.717) is 11.6 Å². The number of methoxy groups -OCH3 is 1. The van der Waals surface area contributed by atoms with Crippen LogP contribution in [-0.2, 0) is 14.3 Å². The molecule has 1 aromatic rings. The van der Waals surface area contributed by atoms with Crippen LogP contribution in [-0.4, -0.2) is 37.1 Å². The molecule has 0 aromatic carbocycles. The second-order valence-corrected chi connectivity index (χ2v) is 3.24. The van der Waals surface area contributed by atoms with Crippen LogP contribution in [0.4, 0.5) is 5.82 Å². The Labute approximate surface area is 91.8 Å². The summed E-state index contributed by atoms with van der Waals surface area (Å²) in [6.07, 6.45) is 0.302. The number of nitrogens with zero attached hydrogens (tertiary/aromatic N) is 2. The molecule has 0 aliphatic carbocycles. The quantitative estimate of drug-likeness (QED) is 0.493. The third-order valence-corrected chi connectivity index (χ3v) is 2.28. The average Bonchev–Trinajstić information content (AvgIpc) is 2.33. The number of carbonyl (C=O) groups is 2. The molecule has 84 valence electrons. The Morgan fingerprint density at radius 2 is 2.38 bits per heavy atom. The van der Waals surface area contributed by atoms with Gasteiger partial charge in [-0.3, -0.25) is 9.69 Å². The molecule has 0 saturated carbocycles. The number of rotatable bonds is 1. The number of hydrogen-bond donors (Lipinski definition) is 0. The zero-order chi connectivity index (χ0) is 11.7. The predicted octanol–water partition coefficient (Wildman–Crippen LogP) is -0.0216. The van der Waals surface area contributed by atoms with Crippen LogP contribution in [0.15, 0.2) is 18.3 Å². The molecule has 0 saturated heterocycles. The van der Waals surface area contributed by atoms with Crippen LogP contribution in [0.2, 0.25) is 0 Å². The molecule has 6 nitrogen and oxygen atoms in total. The summed E-state index contributed by atoms with van der Waals surface area (Å²) in [6, 6.07) is 3.30. The van der Waals surface area contributed by atoms with Gasteiger partial charge < -0.3 is 9.47 Å². The van der Waals surface area contributed by atoms with E-state index in [1.54, 1.807) is 18.3 Å². The van der Waals surface area contributed by atoms with Crippen molar-refractivity contribution in [3.05, 3.63) is 18.3 Å². The molecule has 1 aromatic heterocycles. The summed E-state index contributed by atoms with van der Waals surface area (Å²) in [5.41, 5.74) is 0. The van der Waals surface area contributed by atoms with Crippen molar-refractivity contribution < 1.29 is 19.1 Å². The van der Waals surface area contributed by atoms with E-state index in [9.17, 15) is 9.59 Å². The third kappa shape index (κ3) is 1.48. The van der Waals surface area contributed by atoms with Crippen molar-refractivity contribution in [2.24, 2.45) is 0 Å². The molecule has 1 amide bonds. The normalized spacial score (nSPS) is 18.8. The summed E-state index contributed by atoms with van der Waals surface area (Å²) < 4.78 is 9.73. The Hall–Kier alpha value is -2.11. The second-order valence-electron chi connectivity index (χ2n) is 3.24. The van der Waals surface area contributed by atoms with Gasteiger partial charge in [0, 0.05) is 13.2 Å². The molecule has 6 heteroatoms. The van der Waals surface area contributed by atoms with Crippen LogP contribution >= 0.6 is 0 Å². The number of aromatic nitrogens is 1. The maximum atomic E-state index is 11.7. The van der Waals surface area contributed by atoms with Gasteiger partial charge in [-0.1, -0.05) is 0 Å². The first-order valence-corrected chi connectivity index (χ1v) is 4.62. The molecular formula is C10H10N2O4. The Kier molecular flexibility index (Phi) is 2.47. The Morgan fingerprint density at radius 1 is 1.62 bits per heavy atom. The van der Waals surface area contributed by atoms with E-state index in [1.165, 1.54) is 19.1 Å². The van der Waals surface area contributed by atoms with Crippen LogP contribution < -0.4 is 9.64 Å². The standard InChI is InChI=1S/C10H10N2O4/c1-12-8-6(4-3-5-11-8)16-7(9(12)13)10(14)15-2/h3-5,7H,1-2H3. The lowest BCUT2D eigenvalue weighted by Crippen LogP contribution is -2.48. The van der Waals surface area contributed by atoms with Crippen molar-refractivity contribution in [2.75, 3.05) is 19.1 Å². The van der Waals surface area contributed by atoms with Gasteiger partial charge in [0.1, 0.15) is 0 Å². The molecule has 0 radical (unpaired) electrons. The van der Waals surface area contributed by atoms with Gasteiger partial charge in [-0.25, -0.2) is 9.78 Å². The summed E-state index contributed by atoms with van der Waals surface area (Å²) in [7, 11) is 2.74. The van der Waals surface area contributed by atoms with Crippen LogP contribution in [0.1, 0.15) is 0 Å². The lowest BCUT2D eigenvalue weighted by atomic mass is 10.2.